The molecule has 2 atom stereocenters. The lowest BCUT2D eigenvalue weighted by Crippen LogP contribution is -2.17. The van der Waals surface area contributed by atoms with Crippen LogP contribution in [0.5, 0.6) is 0 Å². The molecule has 0 spiro atoms. The second kappa shape index (κ2) is 7.34. The predicted molar refractivity (Wildman–Crippen MR) is 72.0 cm³/mol. The zero-order valence-electron chi connectivity index (χ0n) is 11.2. The average molecular weight is 316 g/mol. The lowest BCUT2D eigenvalue weighted by Gasteiger charge is -2.10. The molecule has 0 aliphatic heterocycles. The summed E-state index contributed by atoms with van der Waals surface area (Å²) < 4.78 is 21.2. The highest BCUT2D eigenvalue weighted by Gasteiger charge is 2.19. The van der Waals surface area contributed by atoms with Gasteiger partial charge < -0.3 is 15.4 Å². The summed E-state index contributed by atoms with van der Waals surface area (Å²) in [5.74, 6) is 0.286. The number of nitrogen functional groups attached to an aromatic ring is 1. The van der Waals surface area contributed by atoms with Crippen LogP contribution < -0.4 is 5.73 Å². The number of aliphatic hydroxyl groups excluding tert-OH is 1. The fourth-order valence-electron chi connectivity index (χ4n) is 1.65. The molecule has 2 aromatic heterocycles. The van der Waals surface area contributed by atoms with Gasteiger partial charge in [-0.15, -0.1) is 4.52 Å². The van der Waals surface area contributed by atoms with Crippen LogP contribution in [0.15, 0.2) is 12.7 Å². The van der Waals surface area contributed by atoms with E-state index in [9.17, 15) is 9.67 Å². The van der Waals surface area contributed by atoms with Crippen LogP contribution in [-0.4, -0.2) is 44.4 Å². The summed E-state index contributed by atoms with van der Waals surface area (Å²) in [7, 11) is -1.05. The Morgan fingerprint density at radius 2 is 2.29 bits per heavy atom. The van der Waals surface area contributed by atoms with Crippen molar-refractivity contribution in [2.45, 2.75) is 19.1 Å². The molecule has 0 radical (unpaired) electrons. The number of imidazole rings is 1. The van der Waals surface area contributed by atoms with Gasteiger partial charge in [-0.25, -0.2) is 15.0 Å². The molecule has 0 aliphatic carbocycles. The van der Waals surface area contributed by atoms with Crippen LogP contribution in [0.25, 0.3) is 11.2 Å². The van der Waals surface area contributed by atoms with Gasteiger partial charge in [0.25, 0.3) is 0 Å². The van der Waals surface area contributed by atoms with Gasteiger partial charge in [-0.05, 0) is 0 Å². The summed E-state index contributed by atoms with van der Waals surface area (Å²) in [4.78, 5) is 16.6. The molecule has 0 bridgehead atoms. The summed E-state index contributed by atoms with van der Waals surface area (Å²) in [5, 5.41) is 9.91. The third-order valence-corrected chi connectivity index (χ3v) is 3.16. The third kappa shape index (κ3) is 4.13. The third-order valence-electron chi connectivity index (χ3n) is 2.63. The van der Waals surface area contributed by atoms with Crippen molar-refractivity contribution < 1.29 is 23.8 Å². The summed E-state index contributed by atoms with van der Waals surface area (Å²) in [6.07, 6.45) is 2.41. The maximum atomic E-state index is 10.8. The van der Waals surface area contributed by atoms with E-state index in [4.69, 9.17) is 5.73 Å². The first kappa shape index (κ1) is 15.7. The molecule has 2 unspecified atom stereocenters. The number of hydrogen-bond donors (Lipinski definition) is 2. The van der Waals surface area contributed by atoms with Crippen LogP contribution in [0.1, 0.15) is 6.42 Å². The standard InChI is InChI=1S/C10H15N5O5P/c1-18-21(17)20-19-3-2-7(16)4-15-6-14-8-9(11)12-5-13-10(8)15/h5-7,16H,2-4H2,1H3,(H2,11,12,13)/q+1. The minimum atomic E-state index is -2.28. The lowest BCUT2D eigenvalue weighted by atomic mass is 10.2. The van der Waals surface area contributed by atoms with Gasteiger partial charge in [-0.3, -0.25) is 0 Å². The van der Waals surface area contributed by atoms with Crippen molar-refractivity contribution in [1.82, 2.24) is 19.5 Å². The number of nitrogens with zero attached hydrogens (tertiary/aromatic N) is 4. The number of nitrogens with two attached hydrogens (primary N) is 1. The molecule has 114 valence electrons. The van der Waals surface area contributed by atoms with Crippen LogP contribution in [0.2, 0.25) is 0 Å². The van der Waals surface area contributed by atoms with Gasteiger partial charge in [-0.1, -0.05) is 0 Å². The van der Waals surface area contributed by atoms with E-state index in [0.717, 1.165) is 0 Å². The Kier molecular flexibility index (Phi) is 5.48. The average Bonchev–Trinajstić information content (AvgIpc) is 2.88. The Labute approximate surface area is 120 Å². The van der Waals surface area contributed by atoms with Gasteiger partial charge in [-0.2, -0.15) is 4.89 Å². The lowest BCUT2D eigenvalue weighted by molar-refractivity contribution is -0.212. The quantitative estimate of drug-likeness (QED) is 0.307. The highest BCUT2D eigenvalue weighted by atomic mass is 31.1. The Morgan fingerprint density at radius 1 is 1.48 bits per heavy atom. The van der Waals surface area contributed by atoms with Crippen molar-refractivity contribution in [3.05, 3.63) is 12.7 Å². The topological polar surface area (TPSA) is 135 Å². The minimum absolute atomic E-state index is 0.0648. The first-order valence-corrected chi connectivity index (χ1v) is 7.11. The minimum Gasteiger partial charge on any atom is -0.391 e. The molecule has 0 saturated carbocycles. The van der Waals surface area contributed by atoms with E-state index in [1.807, 2.05) is 0 Å². The van der Waals surface area contributed by atoms with E-state index in [0.29, 0.717) is 11.2 Å². The smallest absolute Gasteiger partial charge is 0.391 e. The second-order valence-electron chi connectivity index (χ2n) is 4.07. The molecule has 0 amide bonds. The molecule has 21 heavy (non-hydrogen) atoms. The van der Waals surface area contributed by atoms with Gasteiger partial charge in [0.05, 0.1) is 37.4 Å². The molecule has 2 heterocycles. The van der Waals surface area contributed by atoms with Gasteiger partial charge in [0.15, 0.2) is 11.5 Å². The van der Waals surface area contributed by atoms with Crippen molar-refractivity contribution in [2.24, 2.45) is 0 Å². The highest BCUT2D eigenvalue weighted by Crippen LogP contribution is 2.22. The summed E-state index contributed by atoms with van der Waals surface area (Å²) in [5.41, 5.74) is 6.70. The number of rotatable bonds is 8. The SMILES string of the molecule is CO[P+](=O)OOCCC(O)Cn1cnc2c(N)ncnc21. The number of aromatic nitrogens is 4. The molecule has 10 nitrogen and oxygen atoms in total. The number of anilines is 1. The van der Waals surface area contributed by atoms with Crippen molar-refractivity contribution in [3.63, 3.8) is 0 Å². The van der Waals surface area contributed by atoms with E-state index in [-0.39, 0.29) is 25.4 Å². The molecule has 2 rings (SSSR count). The zero-order valence-corrected chi connectivity index (χ0v) is 12.1. The molecule has 2 aromatic rings. The fraction of sp³-hybridized carbons (Fsp3) is 0.500. The van der Waals surface area contributed by atoms with Crippen LogP contribution >= 0.6 is 8.25 Å². The number of aliphatic hydroxyl groups is 1. The van der Waals surface area contributed by atoms with E-state index in [1.54, 1.807) is 4.57 Å². The largest absolute Gasteiger partial charge is 0.728 e. The van der Waals surface area contributed by atoms with E-state index in [2.05, 4.69) is 29.0 Å². The normalized spacial score (nSPS) is 13.5. The van der Waals surface area contributed by atoms with Gasteiger partial charge in [0, 0.05) is 11.0 Å². The Hall–Kier alpha value is -1.71. The Bertz CT molecular complexity index is 621. The van der Waals surface area contributed by atoms with E-state index < -0.39 is 14.4 Å². The molecule has 11 heteroatoms. The van der Waals surface area contributed by atoms with Crippen LogP contribution in [-0.2, 0) is 25.2 Å². The van der Waals surface area contributed by atoms with Crippen molar-refractivity contribution in [2.75, 3.05) is 19.5 Å². The Balaban J connectivity index is 1.86. The zero-order chi connectivity index (χ0) is 15.2. The molecule has 0 saturated heterocycles. The van der Waals surface area contributed by atoms with Crippen molar-refractivity contribution in [1.29, 1.82) is 0 Å². The maximum absolute atomic E-state index is 10.8. The second-order valence-corrected chi connectivity index (χ2v) is 5.03. The fourth-order valence-corrected chi connectivity index (χ4v) is 1.87. The number of fused-ring (bicyclic) bond motifs is 1. The molecule has 3 N–H and O–H groups in total. The Morgan fingerprint density at radius 3 is 3.05 bits per heavy atom. The molecule has 0 aliphatic rings. The molecule has 0 fully saturated rings. The van der Waals surface area contributed by atoms with Gasteiger partial charge >= 0.3 is 8.25 Å². The summed E-state index contributed by atoms with van der Waals surface area (Å²) in [6, 6.07) is 0. The van der Waals surface area contributed by atoms with E-state index in [1.165, 1.54) is 19.8 Å². The molecular weight excluding hydrogens is 301 g/mol. The molecular formula is C10H15N5O5P+. The number of hydrogen-bond acceptors (Lipinski definition) is 9. The van der Waals surface area contributed by atoms with Gasteiger partial charge in [0.1, 0.15) is 11.8 Å². The van der Waals surface area contributed by atoms with Crippen LogP contribution in [0, 0.1) is 0 Å². The van der Waals surface area contributed by atoms with Crippen molar-refractivity contribution >= 4 is 25.2 Å². The maximum Gasteiger partial charge on any atom is 0.728 e. The predicted octanol–water partition coefficient (Wildman–Crippen LogP) is 0.411. The molecule has 0 aromatic carbocycles. The van der Waals surface area contributed by atoms with E-state index >= 15 is 0 Å². The first-order valence-electron chi connectivity index (χ1n) is 6.02. The summed E-state index contributed by atoms with van der Waals surface area (Å²) >= 11 is 0. The van der Waals surface area contributed by atoms with Crippen molar-refractivity contribution in [3.8, 4) is 0 Å². The first-order chi connectivity index (χ1) is 10.1. The monoisotopic (exact) mass is 316 g/mol. The highest BCUT2D eigenvalue weighted by molar-refractivity contribution is 7.33. The van der Waals surface area contributed by atoms with Crippen LogP contribution in [0.4, 0.5) is 5.82 Å². The van der Waals surface area contributed by atoms with Gasteiger partial charge in [0.2, 0.25) is 0 Å². The summed E-state index contributed by atoms with van der Waals surface area (Å²) in [6.45, 7) is 0.322. The van der Waals surface area contributed by atoms with Crippen LogP contribution in [0.3, 0.4) is 0 Å².